The molecule has 1 aromatic rings. The van der Waals surface area contributed by atoms with Crippen molar-refractivity contribution in [2.24, 2.45) is 5.92 Å². The number of nitrogens with one attached hydrogen (secondary N) is 1. The highest BCUT2D eigenvalue weighted by atomic mass is 79.9. The van der Waals surface area contributed by atoms with Crippen LogP contribution in [-0.2, 0) is 0 Å². The summed E-state index contributed by atoms with van der Waals surface area (Å²) in [6.45, 7) is 2.63. The topological polar surface area (TPSA) is 49.3 Å². The minimum Gasteiger partial charge on any atom is -0.507 e. The van der Waals surface area contributed by atoms with Gasteiger partial charge in [-0.3, -0.25) is 4.79 Å². The normalized spacial score (nSPS) is 12.2. The smallest absolute Gasteiger partial charge is 0.255 e. The van der Waals surface area contributed by atoms with E-state index in [-0.39, 0.29) is 17.2 Å². The van der Waals surface area contributed by atoms with Gasteiger partial charge in [-0.25, -0.2) is 0 Å². The van der Waals surface area contributed by atoms with Gasteiger partial charge >= 0.3 is 0 Å². The van der Waals surface area contributed by atoms with Crippen LogP contribution >= 0.6 is 27.5 Å². The second kappa shape index (κ2) is 6.87. The fourth-order valence-electron chi connectivity index (χ4n) is 1.34. The highest BCUT2D eigenvalue weighted by Crippen LogP contribution is 2.21. The van der Waals surface area contributed by atoms with Gasteiger partial charge in [0, 0.05) is 16.9 Å². The summed E-state index contributed by atoms with van der Waals surface area (Å²) in [5, 5.41) is 13.7. The average Bonchev–Trinajstić information content (AvgIpc) is 2.29. The maximum absolute atomic E-state index is 11.8. The van der Waals surface area contributed by atoms with Crippen LogP contribution in [0.4, 0.5) is 0 Å². The molecule has 0 aliphatic rings. The Balaban J connectivity index is 2.61. The lowest BCUT2D eigenvalue weighted by Gasteiger charge is -2.11. The number of carbonyl (C=O) groups excluding carboxylic acids is 1. The molecular formula is C12H15BrClNO2. The highest BCUT2D eigenvalue weighted by Gasteiger charge is 2.12. The standard InChI is InChI=1S/C12H15BrClNO2/c1-8(4-5-13)7-15-12(17)10-6-9(14)2-3-11(10)16/h2-3,6,8,16H,4-5,7H2,1H3,(H,15,17). The Morgan fingerprint density at radius 1 is 1.59 bits per heavy atom. The Labute approximate surface area is 114 Å². The molecule has 5 heteroatoms. The highest BCUT2D eigenvalue weighted by molar-refractivity contribution is 9.09. The van der Waals surface area contributed by atoms with Crippen molar-refractivity contribution in [1.29, 1.82) is 0 Å². The summed E-state index contributed by atoms with van der Waals surface area (Å²) in [4.78, 5) is 11.8. The van der Waals surface area contributed by atoms with E-state index >= 15 is 0 Å². The minimum absolute atomic E-state index is 0.0555. The van der Waals surface area contributed by atoms with Crippen molar-refractivity contribution < 1.29 is 9.90 Å². The summed E-state index contributed by atoms with van der Waals surface area (Å²) in [5.41, 5.74) is 0.212. The summed E-state index contributed by atoms with van der Waals surface area (Å²) >= 11 is 9.13. The lowest BCUT2D eigenvalue weighted by Crippen LogP contribution is -2.28. The van der Waals surface area contributed by atoms with Gasteiger partial charge in [0.15, 0.2) is 0 Å². The molecule has 17 heavy (non-hydrogen) atoms. The van der Waals surface area contributed by atoms with Gasteiger partial charge in [0.05, 0.1) is 5.56 Å². The third-order valence-electron chi connectivity index (χ3n) is 2.42. The van der Waals surface area contributed by atoms with E-state index in [1.165, 1.54) is 12.1 Å². The summed E-state index contributed by atoms with van der Waals surface area (Å²) < 4.78 is 0. The van der Waals surface area contributed by atoms with Gasteiger partial charge in [-0.05, 0) is 30.5 Å². The molecule has 0 radical (unpaired) electrons. The fourth-order valence-corrected chi connectivity index (χ4v) is 2.29. The maximum Gasteiger partial charge on any atom is 0.255 e. The van der Waals surface area contributed by atoms with Crippen LogP contribution in [0.15, 0.2) is 18.2 Å². The van der Waals surface area contributed by atoms with E-state index in [0.717, 1.165) is 11.8 Å². The van der Waals surface area contributed by atoms with E-state index in [0.29, 0.717) is 17.5 Å². The zero-order valence-electron chi connectivity index (χ0n) is 9.54. The Bertz CT molecular complexity index is 398. The first-order chi connectivity index (χ1) is 8.04. The monoisotopic (exact) mass is 319 g/mol. The lowest BCUT2D eigenvalue weighted by molar-refractivity contribution is 0.0945. The first-order valence-electron chi connectivity index (χ1n) is 5.37. The zero-order valence-corrected chi connectivity index (χ0v) is 11.9. The summed E-state index contributed by atoms with van der Waals surface area (Å²) in [6, 6.07) is 4.42. The van der Waals surface area contributed by atoms with E-state index in [2.05, 4.69) is 28.2 Å². The number of rotatable bonds is 5. The van der Waals surface area contributed by atoms with Crippen LogP contribution in [0, 0.1) is 5.92 Å². The van der Waals surface area contributed by atoms with Crippen LogP contribution in [0.5, 0.6) is 5.75 Å². The molecule has 2 N–H and O–H groups in total. The molecule has 0 saturated heterocycles. The van der Waals surface area contributed by atoms with Gasteiger partial charge in [-0.1, -0.05) is 34.5 Å². The molecule has 0 aromatic heterocycles. The molecule has 0 fully saturated rings. The number of halogens is 2. The van der Waals surface area contributed by atoms with Crippen molar-refractivity contribution in [3.63, 3.8) is 0 Å². The van der Waals surface area contributed by atoms with Crippen molar-refractivity contribution in [3.8, 4) is 5.75 Å². The molecule has 0 spiro atoms. The number of hydrogen-bond acceptors (Lipinski definition) is 2. The third kappa shape index (κ3) is 4.56. The molecule has 0 heterocycles. The molecule has 1 amide bonds. The number of benzene rings is 1. The Morgan fingerprint density at radius 2 is 2.29 bits per heavy atom. The number of phenolic OH excluding ortho intramolecular Hbond substituents is 1. The first-order valence-corrected chi connectivity index (χ1v) is 6.87. The fraction of sp³-hybridized carbons (Fsp3) is 0.417. The predicted octanol–water partition coefficient (Wildman–Crippen LogP) is 3.20. The van der Waals surface area contributed by atoms with E-state index in [1.807, 2.05) is 0 Å². The van der Waals surface area contributed by atoms with Crippen molar-refractivity contribution in [2.75, 3.05) is 11.9 Å². The van der Waals surface area contributed by atoms with Crippen molar-refractivity contribution in [3.05, 3.63) is 28.8 Å². The van der Waals surface area contributed by atoms with Gasteiger partial charge in [0.2, 0.25) is 0 Å². The number of alkyl halides is 1. The van der Waals surface area contributed by atoms with Gasteiger partial charge < -0.3 is 10.4 Å². The molecule has 0 bridgehead atoms. The summed E-state index contributed by atoms with van der Waals surface area (Å²) in [7, 11) is 0. The van der Waals surface area contributed by atoms with Crippen LogP contribution in [0.3, 0.4) is 0 Å². The van der Waals surface area contributed by atoms with E-state index in [4.69, 9.17) is 11.6 Å². The third-order valence-corrected chi connectivity index (χ3v) is 3.11. The average molecular weight is 321 g/mol. The molecule has 3 nitrogen and oxygen atoms in total. The summed E-state index contributed by atoms with van der Waals surface area (Å²) in [6.07, 6.45) is 0.988. The largest absolute Gasteiger partial charge is 0.507 e. The first kappa shape index (κ1) is 14.3. The van der Waals surface area contributed by atoms with Crippen LogP contribution in [0.2, 0.25) is 5.02 Å². The molecule has 0 aliphatic carbocycles. The molecule has 94 valence electrons. The van der Waals surface area contributed by atoms with Crippen LogP contribution in [0.1, 0.15) is 23.7 Å². The van der Waals surface area contributed by atoms with Crippen LogP contribution in [0.25, 0.3) is 0 Å². The minimum atomic E-state index is -0.300. The second-order valence-electron chi connectivity index (χ2n) is 3.95. The van der Waals surface area contributed by atoms with Gasteiger partial charge in [0.25, 0.3) is 5.91 Å². The molecule has 0 aliphatic heterocycles. The van der Waals surface area contributed by atoms with E-state index in [9.17, 15) is 9.90 Å². The molecule has 1 unspecified atom stereocenters. The summed E-state index contributed by atoms with van der Waals surface area (Å²) in [5.74, 6) is 0.0334. The number of amides is 1. The molecule has 1 rings (SSSR count). The molecule has 1 aromatic carbocycles. The lowest BCUT2D eigenvalue weighted by atomic mass is 10.1. The van der Waals surface area contributed by atoms with E-state index in [1.54, 1.807) is 6.07 Å². The second-order valence-corrected chi connectivity index (χ2v) is 5.18. The number of hydrogen-bond donors (Lipinski definition) is 2. The van der Waals surface area contributed by atoms with Crippen molar-refractivity contribution in [1.82, 2.24) is 5.32 Å². The van der Waals surface area contributed by atoms with Crippen LogP contribution < -0.4 is 5.32 Å². The molecule has 0 saturated carbocycles. The molecule has 1 atom stereocenters. The Hall–Kier alpha value is -0.740. The maximum atomic E-state index is 11.8. The van der Waals surface area contributed by atoms with Gasteiger partial charge in [-0.2, -0.15) is 0 Å². The van der Waals surface area contributed by atoms with Crippen molar-refractivity contribution >= 4 is 33.4 Å². The molecular weight excluding hydrogens is 305 g/mol. The Kier molecular flexibility index (Phi) is 5.78. The Morgan fingerprint density at radius 3 is 2.94 bits per heavy atom. The van der Waals surface area contributed by atoms with Gasteiger partial charge in [0.1, 0.15) is 5.75 Å². The predicted molar refractivity (Wildman–Crippen MR) is 73.0 cm³/mol. The van der Waals surface area contributed by atoms with Crippen molar-refractivity contribution in [2.45, 2.75) is 13.3 Å². The van der Waals surface area contributed by atoms with Gasteiger partial charge in [-0.15, -0.1) is 0 Å². The number of carbonyl (C=O) groups is 1. The number of phenols is 1. The zero-order chi connectivity index (χ0) is 12.8. The van der Waals surface area contributed by atoms with E-state index < -0.39 is 0 Å². The number of aromatic hydroxyl groups is 1. The van der Waals surface area contributed by atoms with Crippen LogP contribution in [-0.4, -0.2) is 22.9 Å². The SMILES string of the molecule is CC(CCBr)CNC(=O)c1cc(Cl)ccc1O. The quantitative estimate of drug-likeness (QED) is 0.819.